The molecule has 0 saturated heterocycles. The summed E-state index contributed by atoms with van der Waals surface area (Å²) in [5, 5.41) is 6.64. The van der Waals surface area contributed by atoms with Crippen molar-refractivity contribution in [2.24, 2.45) is 5.92 Å². The second-order valence-corrected chi connectivity index (χ2v) is 7.40. The van der Waals surface area contributed by atoms with Crippen molar-refractivity contribution in [3.8, 4) is 0 Å². The number of thiazole rings is 1. The number of aromatic nitrogens is 1. The largest absolute Gasteiger partial charge is 0.373 e. The Kier molecular flexibility index (Phi) is 7.09. The lowest BCUT2D eigenvalue weighted by atomic mass is 10.1. The van der Waals surface area contributed by atoms with Gasteiger partial charge in [-0.05, 0) is 40.4 Å². The average molecular weight is 299 g/mol. The van der Waals surface area contributed by atoms with E-state index in [-0.39, 0.29) is 5.54 Å². The van der Waals surface area contributed by atoms with Crippen molar-refractivity contribution >= 4 is 11.3 Å². The summed E-state index contributed by atoms with van der Waals surface area (Å²) in [6, 6.07) is 0. The van der Waals surface area contributed by atoms with E-state index in [2.05, 4.69) is 62.4 Å². The van der Waals surface area contributed by atoms with Gasteiger partial charge in [0.25, 0.3) is 0 Å². The van der Waals surface area contributed by atoms with Crippen LogP contribution in [0.4, 0.5) is 0 Å². The molecule has 1 heterocycles. The lowest BCUT2D eigenvalue weighted by Crippen LogP contribution is -2.42. The van der Waals surface area contributed by atoms with Gasteiger partial charge >= 0.3 is 0 Å². The molecule has 5 heteroatoms. The number of hydrogen-bond donors (Lipinski definition) is 1. The molecule has 1 aromatic rings. The molecule has 116 valence electrons. The Morgan fingerprint density at radius 3 is 2.70 bits per heavy atom. The first-order valence-corrected chi connectivity index (χ1v) is 8.08. The van der Waals surface area contributed by atoms with Gasteiger partial charge in [0, 0.05) is 17.5 Å². The van der Waals surface area contributed by atoms with E-state index < -0.39 is 0 Å². The Balaban J connectivity index is 2.30. The number of rotatable bonds is 9. The lowest BCUT2D eigenvalue weighted by Gasteiger charge is -2.31. The molecule has 0 aliphatic carbocycles. The third kappa shape index (κ3) is 6.31. The zero-order chi connectivity index (χ0) is 15.2. The van der Waals surface area contributed by atoms with Gasteiger partial charge in [0.2, 0.25) is 0 Å². The molecule has 0 spiro atoms. The highest BCUT2D eigenvalue weighted by Crippen LogP contribution is 2.14. The average Bonchev–Trinajstić information content (AvgIpc) is 2.76. The van der Waals surface area contributed by atoms with Gasteiger partial charge in [0.1, 0.15) is 5.01 Å². The molecule has 0 aliphatic rings. The molecule has 20 heavy (non-hydrogen) atoms. The summed E-state index contributed by atoms with van der Waals surface area (Å²) in [7, 11) is 4.15. The maximum absolute atomic E-state index is 5.78. The molecule has 4 nitrogen and oxygen atoms in total. The normalized spacial score (nSPS) is 12.6. The molecule has 0 amide bonds. The molecule has 0 unspecified atom stereocenters. The third-order valence-corrected chi connectivity index (χ3v) is 4.24. The molecular weight excluding hydrogens is 270 g/mol. The quantitative estimate of drug-likeness (QED) is 0.761. The Hall–Kier alpha value is -0.490. The highest BCUT2D eigenvalue weighted by Gasteiger charge is 2.20. The highest BCUT2D eigenvalue weighted by atomic mass is 32.1. The molecule has 0 atom stereocenters. The van der Waals surface area contributed by atoms with E-state index in [0.717, 1.165) is 23.8 Å². The zero-order valence-corrected chi connectivity index (χ0v) is 14.5. The molecule has 1 N–H and O–H groups in total. The minimum absolute atomic E-state index is 0.0532. The molecule has 0 radical (unpaired) electrons. The van der Waals surface area contributed by atoms with Crippen LogP contribution in [-0.2, 0) is 17.9 Å². The van der Waals surface area contributed by atoms with Crippen LogP contribution in [-0.4, -0.2) is 42.7 Å². The van der Waals surface area contributed by atoms with Crippen molar-refractivity contribution in [1.29, 1.82) is 0 Å². The number of nitrogens with one attached hydrogen (secondary N) is 1. The maximum atomic E-state index is 5.78. The van der Waals surface area contributed by atoms with Crippen molar-refractivity contribution < 1.29 is 4.74 Å². The summed E-state index contributed by atoms with van der Waals surface area (Å²) in [4.78, 5) is 6.76. The van der Waals surface area contributed by atoms with Gasteiger partial charge in [-0.2, -0.15) is 0 Å². The molecule has 0 fully saturated rings. The SMILES string of the molecule is CC(C)CNCc1nc(COCC(C)(C)N(C)C)cs1. The number of likely N-dealkylation sites (N-methyl/N-ethyl adjacent to an activating group) is 1. The van der Waals surface area contributed by atoms with Crippen LogP contribution < -0.4 is 5.32 Å². The van der Waals surface area contributed by atoms with E-state index in [1.54, 1.807) is 11.3 Å². The van der Waals surface area contributed by atoms with E-state index in [4.69, 9.17) is 4.74 Å². The minimum Gasteiger partial charge on any atom is -0.373 e. The summed E-state index contributed by atoms with van der Waals surface area (Å²) in [5.41, 5.74) is 1.09. The third-order valence-electron chi connectivity index (χ3n) is 3.34. The fraction of sp³-hybridized carbons (Fsp3) is 0.800. The van der Waals surface area contributed by atoms with E-state index in [9.17, 15) is 0 Å². The van der Waals surface area contributed by atoms with Gasteiger partial charge in [0.15, 0.2) is 0 Å². The monoisotopic (exact) mass is 299 g/mol. The van der Waals surface area contributed by atoms with E-state index >= 15 is 0 Å². The van der Waals surface area contributed by atoms with Crippen LogP contribution in [0, 0.1) is 5.92 Å². The molecule has 0 bridgehead atoms. The Morgan fingerprint density at radius 1 is 1.40 bits per heavy atom. The van der Waals surface area contributed by atoms with Crippen molar-refractivity contribution in [2.75, 3.05) is 27.2 Å². The molecule has 0 aliphatic heterocycles. The van der Waals surface area contributed by atoms with Crippen LogP contribution in [0.15, 0.2) is 5.38 Å². The van der Waals surface area contributed by atoms with Crippen LogP contribution in [0.5, 0.6) is 0 Å². The lowest BCUT2D eigenvalue weighted by molar-refractivity contribution is 0.0263. The molecule has 0 aromatic carbocycles. The van der Waals surface area contributed by atoms with Crippen LogP contribution in [0.2, 0.25) is 0 Å². The first-order chi connectivity index (χ1) is 9.31. The summed E-state index contributed by atoms with van der Waals surface area (Å²) in [6.45, 7) is 12.0. The minimum atomic E-state index is 0.0532. The van der Waals surface area contributed by atoms with Gasteiger partial charge in [-0.15, -0.1) is 11.3 Å². The van der Waals surface area contributed by atoms with Gasteiger partial charge in [0.05, 0.1) is 18.9 Å². The topological polar surface area (TPSA) is 37.4 Å². The van der Waals surface area contributed by atoms with Gasteiger partial charge in [-0.25, -0.2) is 4.98 Å². The second kappa shape index (κ2) is 8.08. The summed E-state index contributed by atoms with van der Waals surface area (Å²) in [6.07, 6.45) is 0. The predicted octanol–water partition coefficient (Wildman–Crippen LogP) is 2.75. The first kappa shape index (κ1) is 17.6. The fourth-order valence-corrected chi connectivity index (χ4v) is 2.25. The van der Waals surface area contributed by atoms with E-state index in [1.807, 2.05) is 0 Å². The Bertz CT molecular complexity index is 388. The van der Waals surface area contributed by atoms with E-state index in [1.165, 1.54) is 0 Å². The molecule has 1 aromatic heterocycles. The standard InChI is InChI=1S/C15H29N3OS/c1-12(2)7-16-8-14-17-13(10-20-14)9-19-11-15(3,4)18(5)6/h10,12,16H,7-9,11H2,1-6H3. The van der Waals surface area contributed by atoms with Crippen molar-refractivity contribution in [3.05, 3.63) is 16.1 Å². The number of nitrogens with zero attached hydrogens (tertiary/aromatic N) is 2. The van der Waals surface area contributed by atoms with Gasteiger partial charge < -0.3 is 15.0 Å². The molecule has 0 saturated carbocycles. The van der Waals surface area contributed by atoms with Crippen LogP contribution >= 0.6 is 11.3 Å². The fourth-order valence-electron chi connectivity index (χ4n) is 1.50. The predicted molar refractivity (Wildman–Crippen MR) is 86.1 cm³/mol. The maximum Gasteiger partial charge on any atom is 0.107 e. The first-order valence-electron chi connectivity index (χ1n) is 7.20. The van der Waals surface area contributed by atoms with Crippen molar-refractivity contribution in [1.82, 2.24) is 15.2 Å². The smallest absolute Gasteiger partial charge is 0.107 e. The molecule has 1 rings (SSSR count). The number of ether oxygens (including phenoxy) is 1. The van der Waals surface area contributed by atoms with Gasteiger partial charge in [-0.1, -0.05) is 13.8 Å². The van der Waals surface area contributed by atoms with Gasteiger partial charge in [-0.3, -0.25) is 0 Å². The van der Waals surface area contributed by atoms with Crippen LogP contribution in [0.1, 0.15) is 38.4 Å². The summed E-state index contributed by atoms with van der Waals surface area (Å²) in [5.74, 6) is 0.672. The number of hydrogen-bond acceptors (Lipinski definition) is 5. The Morgan fingerprint density at radius 2 is 2.10 bits per heavy atom. The summed E-state index contributed by atoms with van der Waals surface area (Å²) >= 11 is 1.70. The van der Waals surface area contributed by atoms with Crippen molar-refractivity contribution in [3.63, 3.8) is 0 Å². The molecular formula is C15H29N3OS. The second-order valence-electron chi connectivity index (χ2n) is 6.46. The zero-order valence-electron chi connectivity index (χ0n) is 13.7. The van der Waals surface area contributed by atoms with E-state index in [0.29, 0.717) is 19.1 Å². The van der Waals surface area contributed by atoms with Crippen molar-refractivity contribution in [2.45, 2.75) is 46.4 Å². The summed E-state index contributed by atoms with van der Waals surface area (Å²) < 4.78 is 5.78. The highest BCUT2D eigenvalue weighted by molar-refractivity contribution is 7.09. The van der Waals surface area contributed by atoms with Crippen LogP contribution in [0.3, 0.4) is 0 Å². The Labute approximate surface area is 127 Å². The van der Waals surface area contributed by atoms with Crippen LogP contribution in [0.25, 0.3) is 0 Å².